The van der Waals surface area contributed by atoms with Gasteiger partial charge in [-0.2, -0.15) is 0 Å². The van der Waals surface area contributed by atoms with Crippen molar-refractivity contribution in [2.75, 3.05) is 11.5 Å². The Labute approximate surface area is 112 Å². The lowest BCUT2D eigenvalue weighted by Gasteiger charge is -2.17. The summed E-state index contributed by atoms with van der Waals surface area (Å²) in [6.45, 7) is 6.29. The zero-order chi connectivity index (χ0) is 14.6. The Hall–Kier alpha value is -1.98. The summed E-state index contributed by atoms with van der Waals surface area (Å²) in [5.74, 6) is 0.728. The van der Waals surface area contributed by atoms with Gasteiger partial charge in [0.15, 0.2) is 11.4 Å². The lowest BCUT2D eigenvalue weighted by molar-refractivity contribution is 0.517. The molecule has 0 saturated carbocycles. The molecule has 0 aliphatic carbocycles. The lowest BCUT2D eigenvalue weighted by atomic mass is 9.90. The first kappa shape index (κ1) is 15.1. The summed E-state index contributed by atoms with van der Waals surface area (Å²) >= 11 is 0. The molecule has 4 N–H and O–H groups in total. The van der Waals surface area contributed by atoms with Crippen LogP contribution >= 0.6 is 0 Å². The average molecular weight is 264 g/mol. The summed E-state index contributed by atoms with van der Waals surface area (Å²) in [6, 6.07) is 1.62. The first-order chi connectivity index (χ1) is 8.92. The smallest absolute Gasteiger partial charge is 0.162 e. The van der Waals surface area contributed by atoms with Gasteiger partial charge in [-0.1, -0.05) is 27.2 Å². The number of rotatable bonds is 6. The molecule has 1 aromatic rings. The number of hydrogen-bond acceptors (Lipinski definition) is 6. The highest BCUT2D eigenvalue weighted by Crippen LogP contribution is 2.44. The van der Waals surface area contributed by atoms with Gasteiger partial charge in [-0.05, 0) is 40.2 Å². The van der Waals surface area contributed by atoms with Gasteiger partial charge in [-0.3, -0.25) is 0 Å². The van der Waals surface area contributed by atoms with Crippen molar-refractivity contribution >= 4 is 22.7 Å². The number of hydrogen-bond donors (Lipinski definition) is 2. The van der Waals surface area contributed by atoms with E-state index in [1.165, 1.54) is 0 Å². The first-order valence-electron chi connectivity index (χ1n) is 6.30. The van der Waals surface area contributed by atoms with Crippen LogP contribution in [0.2, 0.25) is 0 Å². The third-order valence-electron chi connectivity index (χ3n) is 3.27. The van der Waals surface area contributed by atoms with E-state index < -0.39 is 0 Å². The third-order valence-corrected chi connectivity index (χ3v) is 3.27. The van der Waals surface area contributed by atoms with Gasteiger partial charge in [0.05, 0.1) is 11.4 Å². The zero-order valence-electron chi connectivity index (χ0n) is 11.5. The van der Waals surface area contributed by atoms with Gasteiger partial charge in [0, 0.05) is 0 Å². The predicted octanol–water partition coefficient (Wildman–Crippen LogP) is 4.19. The molecular formula is C13H20N4O2. The van der Waals surface area contributed by atoms with Gasteiger partial charge >= 0.3 is 0 Å². The number of nitrogen functional groups attached to an aromatic ring is 2. The summed E-state index contributed by atoms with van der Waals surface area (Å²) in [6.07, 6.45) is 1.96. The van der Waals surface area contributed by atoms with Crippen molar-refractivity contribution in [3.05, 3.63) is 21.4 Å². The van der Waals surface area contributed by atoms with Crippen LogP contribution in [-0.2, 0) is 0 Å². The minimum Gasteiger partial charge on any atom is -0.397 e. The minimum absolute atomic E-state index is 0.144. The number of nitroso groups, excluding NO2 is 2. The molecule has 0 aromatic heterocycles. The SMILES string of the molecule is CC(C)CCC(C)c1cc(N)c(N=O)c(N=O)c1N. The van der Waals surface area contributed by atoms with Gasteiger partial charge in [-0.15, -0.1) is 9.81 Å². The fraction of sp³-hybridized carbons (Fsp3) is 0.538. The summed E-state index contributed by atoms with van der Waals surface area (Å²) < 4.78 is 0. The molecule has 1 unspecified atom stereocenters. The highest BCUT2D eigenvalue weighted by molar-refractivity contribution is 5.87. The Morgan fingerprint density at radius 2 is 1.63 bits per heavy atom. The standard InChI is InChI=1S/C13H20N4O2/c1-7(2)4-5-8(3)9-6-10(14)12(16-18)13(17-19)11(9)15/h6-8H,4-5,14-15H2,1-3H3. The third kappa shape index (κ3) is 3.27. The van der Waals surface area contributed by atoms with E-state index in [1.54, 1.807) is 6.07 Å². The van der Waals surface area contributed by atoms with E-state index in [2.05, 4.69) is 24.2 Å². The van der Waals surface area contributed by atoms with Crippen molar-refractivity contribution in [2.24, 2.45) is 16.3 Å². The highest BCUT2D eigenvalue weighted by Gasteiger charge is 2.20. The van der Waals surface area contributed by atoms with Crippen LogP contribution in [0.25, 0.3) is 0 Å². The Bertz CT molecular complexity index is 486. The van der Waals surface area contributed by atoms with Crippen molar-refractivity contribution in [2.45, 2.75) is 39.5 Å². The maximum atomic E-state index is 10.8. The molecule has 6 nitrogen and oxygen atoms in total. The second-order valence-corrected chi connectivity index (χ2v) is 5.22. The average Bonchev–Trinajstić information content (AvgIpc) is 2.37. The van der Waals surface area contributed by atoms with Crippen LogP contribution in [0.3, 0.4) is 0 Å². The van der Waals surface area contributed by atoms with Crippen LogP contribution in [0.5, 0.6) is 0 Å². The summed E-state index contributed by atoms with van der Waals surface area (Å²) in [5.41, 5.74) is 12.4. The lowest BCUT2D eigenvalue weighted by Crippen LogP contribution is -2.03. The normalized spacial score (nSPS) is 12.4. The van der Waals surface area contributed by atoms with Gasteiger partial charge in [-0.25, -0.2) is 0 Å². The molecule has 0 fully saturated rings. The quantitative estimate of drug-likeness (QED) is 0.592. The van der Waals surface area contributed by atoms with Crippen molar-refractivity contribution in [1.29, 1.82) is 0 Å². The fourth-order valence-corrected chi connectivity index (χ4v) is 2.05. The van der Waals surface area contributed by atoms with Gasteiger partial charge in [0.2, 0.25) is 0 Å². The predicted molar refractivity (Wildman–Crippen MR) is 78.7 cm³/mol. The maximum Gasteiger partial charge on any atom is 0.162 e. The van der Waals surface area contributed by atoms with E-state index in [9.17, 15) is 9.81 Å². The van der Waals surface area contributed by atoms with Crippen molar-refractivity contribution < 1.29 is 0 Å². The molecule has 6 heteroatoms. The second-order valence-electron chi connectivity index (χ2n) is 5.22. The maximum absolute atomic E-state index is 10.8. The van der Waals surface area contributed by atoms with E-state index in [-0.39, 0.29) is 28.7 Å². The van der Waals surface area contributed by atoms with E-state index in [0.29, 0.717) is 5.92 Å². The van der Waals surface area contributed by atoms with Gasteiger partial charge < -0.3 is 11.5 Å². The first-order valence-corrected chi connectivity index (χ1v) is 6.30. The van der Waals surface area contributed by atoms with Crippen LogP contribution in [0.4, 0.5) is 22.7 Å². The Morgan fingerprint density at radius 1 is 1.05 bits per heavy atom. The summed E-state index contributed by atoms with van der Waals surface area (Å²) in [7, 11) is 0. The van der Waals surface area contributed by atoms with Gasteiger partial charge in [0.25, 0.3) is 0 Å². The molecule has 0 bridgehead atoms. The molecule has 0 aliphatic rings. The molecule has 1 aromatic carbocycles. The second kappa shape index (κ2) is 6.26. The number of anilines is 2. The van der Waals surface area contributed by atoms with E-state index in [4.69, 9.17) is 11.5 Å². The number of benzene rings is 1. The molecule has 0 heterocycles. The fourth-order valence-electron chi connectivity index (χ4n) is 2.05. The Kier molecular flexibility index (Phi) is 4.97. The van der Waals surface area contributed by atoms with Crippen LogP contribution < -0.4 is 11.5 Å². The molecule has 0 aliphatic heterocycles. The molecule has 1 rings (SSSR count). The van der Waals surface area contributed by atoms with Gasteiger partial charge in [0.1, 0.15) is 0 Å². The van der Waals surface area contributed by atoms with Crippen LogP contribution in [0.15, 0.2) is 16.4 Å². The van der Waals surface area contributed by atoms with Crippen molar-refractivity contribution in [3.63, 3.8) is 0 Å². The highest BCUT2D eigenvalue weighted by atomic mass is 16.3. The van der Waals surface area contributed by atoms with Crippen molar-refractivity contribution in [1.82, 2.24) is 0 Å². The monoisotopic (exact) mass is 264 g/mol. The molecular weight excluding hydrogens is 244 g/mol. The molecule has 104 valence electrons. The van der Waals surface area contributed by atoms with Crippen molar-refractivity contribution in [3.8, 4) is 0 Å². The Balaban J connectivity index is 3.18. The summed E-state index contributed by atoms with van der Waals surface area (Å²) in [5, 5.41) is 5.52. The van der Waals surface area contributed by atoms with Crippen LogP contribution in [0.1, 0.15) is 45.1 Å². The van der Waals surface area contributed by atoms with E-state index >= 15 is 0 Å². The van der Waals surface area contributed by atoms with Crippen LogP contribution in [-0.4, -0.2) is 0 Å². The Morgan fingerprint density at radius 3 is 2.11 bits per heavy atom. The molecule has 0 saturated heterocycles. The largest absolute Gasteiger partial charge is 0.397 e. The number of nitrogens with zero attached hydrogens (tertiary/aromatic N) is 2. The summed E-state index contributed by atoms with van der Waals surface area (Å²) in [4.78, 5) is 21.5. The van der Waals surface area contributed by atoms with E-state index in [0.717, 1.165) is 18.4 Å². The topological polar surface area (TPSA) is 111 Å². The molecule has 1 atom stereocenters. The minimum atomic E-state index is -0.174. The zero-order valence-corrected chi connectivity index (χ0v) is 11.5. The molecule has 0 amide bonds. The van der Waals surface area contributed by atoms with Crippen LogP contribution in [0, 0.1) is 15.7 Å². The number of nitrogens with two attached hydrogens (primary N) is 2. The molecule has 0 radical (unpaired) electrons. The molecule has 19 heavy (non-hydrogen) atoms. The van der Waals surface area contributed by atoms with E-state index in [1.807, 2.05) is 6.92 Å². The molecule has 0 spiro atoms.